The molecule has 0 aliphatic carbocycles. The van der Waals surface area contributed by atoms with Crippen molar-refractivity contribution in [3.63, 3.8) is 0 Å². The topological polar surface area (TPSA) is 66.9 Å². The molecule has 1 amide bonds. The van der Waals surface area contributed by atoms with Crippen LogP contribution in [0.3, 0.4) is 0 Å². The van der Waals surface area contributed by atoms with E-state index in [0.29, 0.717) is 18.1 Å². The number of nitrogens with zero attached hydrogens (tertiary/aromatic N) is 2. The molecule has 1 aromatic heterocycles. The first-order valence-corrected chi connectivity index (χ1v) is 4.53. The highest BCUT2D eigenvalue weighted by atomic mass is 35.5. The molecule has 1 rings (SSSR count). The van der Waals surface area contributed by atoms with Gasteiger partial charge in [-0.25, -0.2) is 9.97 Å². The Labute approximate surface area is 86.9 Å². The maximum atomic E-state index is 11.2. The lowest BCUT2D eigenvalue weighted by atomic mass is 10.4. The minimum atomic E-state index is -0.137. The number of carbonyl (C=O) groups is 1. The summed E-state index contributed by atoms with van der Waals surface area (Å²) in [4.78, 5) is 18.9. The van der Waals surface area contributed by atoms with Crippen molar-refractivity contribution in [2.24, 2.45) is 0 Å². The highest BCUT2D eigenvalue weighted by Crippen LogP contribution is 2.05. The quantitative estimate of drug-likeness (QED) is 0.724. The van der Waals surface area contributed by atoms with Gasteiger partial charge in [0.25, 0.3) is 0 Å². The van der Waals surface area contributed by atoms with Crippen LogP contribution in [0, 0.1) is 0 Å². The van der Waals surface area contributed by atoms with Gasteiger partial charge in [-0.15, -0.1) is 0 Å². The largest absolute Gasteiger partial charge is 0.319 e. The zero-order valence-corrected chi connectivity index (χ0v) is 8.51. The van der Waals surface area contributed by atoms with Crippen molar-refractivity contribution < 1.29 is 4.79 Å². The normalized spacial score (nSPS) is 9.86. The number of hydrogen-bond acceptors (Lipinski definition) is 4. The van der Waals surface area contributed by atoms with Crippen molar-refractivity contribution in [2.75, 3.05) is 18.9 Å². The standard InChI is InChI=1S/C8H11ClN4O/c1-10-4-3-7(14)13-8-11-5-2-6(9)12-8/h2,5,10H,3-4H2,1H3,(H,11,12,13,14). The van der Waals surface area contributed by atoms with Crippen molar-refractivity contribution in [2.45, 2.75) is 6.42 Å². The second-order valence-corrected chi connectivity index (χ2v) is 2.99. The van der Waals surface area contributed by atoms with Gasteiger partial charge in [0.1, 0.15) is 5.15 Å². The number of halogens is 1. The minimum absolute atomic E-state index is 0.137. The maximum absolute atomic E-state index is 11.2. The Bertz CT molecular complexity index is 318. The van der Waals surface area contributed by atoms with Crippen LogP contribution in [0.5, 0.6) is 0 Å². The van der Waals surface area contributed by atoms with Crippen LogP contribution in [0.25, 0.3) is 0 Å². The summed E-state index contributed by atoms with van der Waals surface area (Å²) in [5, 5.41) is 5.71. The number of carbonyl (C=O) groups excluding carboxylic acids is 1. The summed E-state index contributed by atoms with van der Waals surface area (Å²) in [5.41, 5.74) is 0. The van der Waals surface area contributed by atoms with Crippen molar-refractivity contribution in [1.29, 1.82) is 0 Å². The lowest BCUT2D eigenvalue weighted by molar-refractivity contribution is -0.116. The van der Waals surface area contributed by atoms with Crippen LogP contribution in [-0.2, 0) is 4.79 Å². The van der Waals surface area contributed by atoms with Crippen LogP contribution in [0.2, 0.25) is 5.15 Å². The molecule has 0 unspecified atom stereocenters. The lowest BCUT2D eigenvalue weighted by Crippen LogP contribution is -2.19. The molecule has 1 aromatic rings. The Kier molecular flexibility index (Phi) is 4.28. The van der Waals surface area contributed by atoms with E-state index in [9.17, 15) is 4.79 Å². The second kappa shape index (κ2) is 5.51. The molecule has 0 fully saturated rings. The first kappa shape index (κ1) is 10.9. The van der Waals surface area contributed by atoms with E-state index < -0.39 is 0 Å². The van der Waals surface area contributed by atoms with E-state index in [1.165, 1.54) is 6.20 Å². The predicted molar refractivity (Wildman–Crippen MR) is 54.2 cm³/mol. The Morgan fingerprint density at radius 3 is 3.07 bits per heavy atom. The van der Waals surface area contributed by atoms with E-state index in [-0.39, 0.29) is 11.9 Å². The first-order valence-electron chi connectivity index (χ1n) is 4.15. The van der Waals surface area contributed by atoms with Crippen LogP contribution in [-0.4, -0.2) is 29.5 Å². The van der Waals surface area contributed by atoms with Gasteiger partial charge < -0.3 is 5.32 Å². The lowest BCUT2D eigenvalue weighted by Gasteiger charge is -2.02. The van der Waals surface area contributed by atoms with Crippen LogP contribution in [0.1, 0.15) is 6.42 Å². The van der Waals surface area contributed by atoms with Gasteiger partial charge >= 0.3 is 0 Å². The van der Waals surface area contributed by atoms with Gasteiger partial charge in [-0.1, -0.05) is 11.6 Å². The van der Waals surface area contributed by atoms with E-state index in [0.717, 1.165) is 0 Å². The molecule has 0 aromatic carbocycles. The molecule has 0 bridgehead atoms. The molecule has 0 aliphatic heterocycles. The summed E-state index contributed by atoms with van der Waals surface area (Å²) >= 11 is 5.62. The maximum Gasteiger partial charge on any atom is 0.230 e. The van der Waals surface area contributed by atoms with Gasteiger partial charge in [-0.3, -0.25) is 10.1 Å². The highest BCUT2D eigenvalue weighted by Gasteiger charge is 2.03. The Morgan fingerprint density at radius 1 is 1.64 bits per heavy atom. The zero-order chi connectivity index (χ0) is 10.4. The number of hydrogen-bond donors (Lipinski definition) is 2. The van der Waals surface area contributed by atoms with Gasteiger partial charge in [0.15, 0.2) is 0 Å². The van der Waals surface area contributed by atoms with Gasteiger partial charge in [0, 0.05) is 19.2 Å². The Hall–Kier alpha value is -1.20. The molecule has 1 heterocycles. The molecule has 2 N–H and O–H groups in total. The summed E-state index contributed by atoms with van der Waals surface area (Å²) in [6, 6.07) is 1.55. The fraction of sp³-hybridized carbons (Fsp3) is 0.375. The fourth-order valence-corrected chi connectivity index (χ4v) is 0.959. The number of aromatic nitrogens is 2. The summed E-state index contributed by atoms with van der Waals surface area (Å²) in [6.45, 7) is 0.617. The van der Waals surface area contributed by atoms with Crippen LogP contribution in [0.4, 0.5) is 5.95 Å². The molecule has 76 valence electrons. The number of rotatable bonds is 4. The van der Waals surface area contributed by atoms with Crippen molar-refractivity contribution in [1.82, 2.24) is 15.3 Å². The average molecular weight is 215 g/mol. The molecule has 14 heavy (non-hydrogen) atoms. The number of amides is 1. The van der Waals surface area contributed by atoms with E-state index in [1.807, 2.05) is 0 Å². The molecule has 0 aliphatic rings. The fourth-order valence-electron chi connectivity index (χ4n) is 0.823. The summed E-state index contributed by atoms with van der Waals surface area (Å²) < 4.78 is 0. The molecule has 0 spiro atoms. The third-order valence-electron chi connectivity index (χ3n) is 1.47. The zero-order valence-electron chi connectivity index (χ0n) is 7.75. The van der Waals surface area contributed by atoms with Crippen molar-refractivity contribution in [3.05, 3.63) is 17.4 Å². The SMILES string of the molecule is CNCCC(=O)Nc1nccc(Cl)n1. The van der Waals surface area contributed by atoms with Gasteiger partial charge in [0.05, 0.1) is 0 Å². The van der Waals surface area contributed by atoms with Crippen LogP contribution >= 0.6 is 11.6 Å². The van der Waals surface area contributed by atoms with Gasteiger partial charge in [-0.05, 0) is 13.1 Å². The molecular weight excluding hydrogens is 204 g/mol. The summed E-state index contributed by atoms with van der Waals surface area (Å²) in [5.74, 6) is 0.0974. The van der Waals surface area contributed by atoms with E-state index in [1.54, 1.807) is 13.1 Å². The minimum Gasteiger partial charge on any atom is -0.319 e. The molecule has 5 nitrogen and oxygen atoms in total. The molecule has 6 heteroatoms. The number of nitrogens with one attached hydrogen (secondary N) is 2. The molecule has 0 radical (unpaired) electrons. The third-order valence-corrected chi connectivity index (χ3v) is 1.69. The van der Waals surface area contributed by atoms with E-state index >= 15 is 0 Å². The van der Waals surface area contributed by atoms with Gasteiger partial charge in [-0.2, -0.15) is 0 Å². The van der Waals surface area contributed by atoms with Crippen LogP contribution in [0.15, 0.2) is 12.3 Å². The molecule has 0 saturated heterocycles. The predicted octanol–water partition coefficient (Wildman–Crippen LogP) is 0.678. The third kappa shape index (κ3) is 3.68. The smallest absolute Gasteiger partial charge is 0.230 e. The van der Waals surface area contributed by atoms with E-state index in [4.69, 9.17) is 11.6 Å². The molecule has 0 saturated carbocycles. The van der Waals surface area contributed by atoms with Crippen molar-refractivity contribution >= 4 is 23.5 Å². The summed E-state index contributed by atoms with van der Waals surface area (Å²) in [6.07, 6.45) is 1.87. The van der Waals surface area contributed by atoms with Crippen LogP contribution < -0.4 is 10.6 Å². The van der Waals surface area contributed by atoms with Crippen molar-refractivity contribution in [3.8, 4) is 0 Å². The monoisotopic (exact) mass is 214 g/mol. The summed E-state index contributed by atoms with van der Waals surface area (Å²) in [7, 11) is 1.78. The Morgan fingerprint density at radius 2 is 2.43 bits per heavy atom. The first-order chi connectivity index (χ1) is 6.72. The average Bonchev–Trinajstić information content (AvgIpc) is 2.15. The molecular formula is C8H11ClN4O. The molecule has 0 atom stereocenters. The van der Waals surface area contributed by atoms with Gasteiger partial charge in [0.2, 0.25) is 11.9 Å². The number of anilines is 1. The second-order valence-electron chi connectivity index (χ2n) is 2.60. The highest BCUT2D eigenvalue weighted by molar-refractivity contribution is 6.29. The van der Waals surface area contributed by atoms with E-state index in [2.05, 4.69) is 20.6 Å². The Balaban J connectivity index is 2.47.